The third-order valence-electron chi connectivity index (χ3n) is 3.94. The molecule has 1 N–H and O–H groups in total. The molecule has 1 heterocycles. The number of hydrogen-bond acceptors (Lipinski definition) is 4. The van der Waals surface area contributed by atoms with Crippen molar-refractivity contribution in [1.82, 2.24) is 10.2 Å². The lowest BCUT2D eigenvalue weighted by atomic mass is 10.1. The topological polar surface area (TPSA) is 50.8 Å². The maximum atomic E-state index is 12.1. The van der Waals surface area contributed by atoms with E-state index in [-0.39, 0.29) is 5.91 Å². The molecule has 0 bridgehead atoms. The maximum Gasteiger partial charge on any atom is 0.276 e. The fourth-order valence-corrected chi connectivity index (χ4v) is 2.99. The Hall–Kier alpha value is -2.57. The summed E-state index contributed by atoms with van der Waals surface area (Å²) in [6.45, 7) is 2.78. The molecule has 1 saturated heterocycles. The number of likely N-dealkylation sites (N-methyl/N-ethyl adjacent to an activating group) is 1. The molecule has 5 nitrogen and oxygen atoms in total. The Kier molecular flexibility index (Phi) is 5.98. The summed E-state index contributed by atoms with van der Waals surface area (Å²) in [7, 11) is 1.64. The highest BCUT2D eigenvalue weighted by atomic mass is 35.5. The highest BCUT2D eigenvalue weighted by Crippen LogP contribution is 2.30. The van der Waals surface area contributed by atoms with Gasteiger partial charge in [0, 0.05) is 12.1 Å². The minimum Gasteiger partial charge on any atom is -0.490 e. The van der Waals surface area contributed by atoms with Gasteiger partial charge in [-0.25, -0.2) is 0 Å². The van der Waals surface area contributed by atoms with Crippen LogP contribution in [0, 0.1) is 0 Å². The molecule has 1 aliphatic heterocycles. The average Bonchev–Trinajstić information content (AvgIpc) is 2.88. The van der Waals surface area contributed by atoms with Crippen LogP contribution in [-0.4, -0.2) is 29.6 Å². The van der Waals surface area contributed by atoms with E-state index in [1.807, 2.05) is 49.4 Å². The fourth-order valence-electron chi connectivity index (χ4n) is 2.58. The van der Waals surface area contributed by atoms with Crippen LogP contribution in [0.25, 0.3) is 6.08 Å². The van der Waals surface area contributed by atoms with Crippen LogP contribution in [-0.2, 0) is 11.4 Å². The Morgan fingerprint density at radius 2 is 2.00 bits per heavy atom. The quantitative estimate of drug-likeness (QED) is 0.584. The summed E-state index contributed by atoms with van der Waals surface area (Å²) in [5.74, 6) is 1.06. The Labute approximate surface area is 168 Å². The van der Waals surface area contributed by atoms with E-state index in [2.05, 4.69) is 5.32 Å². The molecule has 0 atom stereocenters. The van der Waals surface area contributed by atoms with Crippen molar-refractivity contribution in [2.75, 3.05) is 13.7 Å². The second-order valence-electron chi connectivity index (χ2n) is 5.91. The number of halogens is 1. The van der Waals surface area contributed by atoms with E-state index in [0.29, 0.717) is 40.5 Å². The largest absolute Gasteiger partial charge is 0.490 e. The van der Waals surface area contributed by atoms with Gasteiger partial charge >= 0.3 is 0 Å². The predicted molar refractivity (Wildman–Crippen MR) is 110 cm³/mol. The van der Waals surface area contributed by atoms with Gasteiger partial charge in [-0.1, -0.05) is 29.8 Å². The zero-order valence-corrected chi connectivity index (χ0v) is 16.6. The van der Waals surface area contributed by atoms with E-state index in [1.54, 1.807) is 13.1 Å². The number of benzene rings is 2. The highest BCUT2D eigenvalue weighted by Gasteiger charge is 2.27. The normalized spacial score (nSPS) is 15.2. The number of thiocarbonyl (C=S) groups is 1. The summed E-state index contributed by atoms with van der Waals surface area (Å²) in [5, 5.41) is 3.96. The third-order valence-corrected chi connectivity index (χ3v) is 4.55. The first-order valence-electron chi connectivity index (χ1n) is 8.42. The van der Waals surface area contributed by atoms with E-state index in [4.69, 9.17) is 33.3 Å². The molecular weight excluding hydrogens is 384 g/mol. The molecule has 3 rings (SSSR count). The lowest BCUT2D eigenvalue weighted by Crippen LogP contribution is -2.25. The highest BCUT2D eigenvalue weighted by molar-refractivity contribution is 7.80. The molecule has 7 heteroatoms. The Balaban J connectivity index is 1.80. The SMILES string of the molecule is CCOc1cc(/C=C2\NC(=S)N(C)C2=O)ccc1OCc1cccc(Cl)c1. The molecule has 1 fully saturated rings. The zero-order valence-electron chi connectivity index (χ0n) is 15.0. The van der Waals surface area contributed by atoms with E-state index in [9.17, 15) is 4.79 Å². The number of carbonyl (C=O) groups is 1. The predicted octanol–water partition coefficient (Wildman–Crippen LogP) is 4.01. The summed E-state index contributed by atoms with van der Waals surface area (Å²) < 4.78 is 11.6. The van der Waals surface area contributed by atoms with Crippen LogP contribution in [0.2, 0.25) is 5.02 Å². The molecule has 0 saturated carbocycles. The number of rotatable bonds is 6. The minimum absolute atomic E-state index is 0.167. The molecule has 0 radical (unpaired) electrons. The first-order chi connectivity index (χ1) is 13.0. The van der Waals surface area contributed by atoms with Gasteiger partial charge in [0.1, 0.15) is 12.3 Å². The second kappa shape index (κ2) is 8.41. The maximum absolute atomic E-state index is 12.1. The van der Waals surface area contributed by atoms with Crippen molar-refractivity contribution in [2.24, 2.45) is 0 Å². The number of hydrogen-bond donors (Lipinski definition) is 1. The van der Waals surface area contributed by atoms with Crippen LogP contribution in [0.5, 0.6) is 11.5 Å². The Bertz CT molecular complexity index is 914. The number of nitrogens with zero attached hydrogens (tertiary/aromatic N) is 1. The van der Waals surface area contributed by atoms with Crippen molar-refractivity contribution in [3.05, 3.63) is 64.3 Å². The summed E-state index contributed by atoms with van der Waals surface area (Å²) >= 11 is 11.1. The van der Waals surface area contributed by atoms with Crippen molar-refractivity contribution in [2.45, 2.75) is 13.5 Å². The molecule has 140 valence electrons. The van der Waals surface area contributed by atoms with Crippen molar-refractivity contribution >= 4 is 40.9 Å². The van der Waals surface area contributed by atoms with Crippen LogP contribution < -0.4 is 14.8 Å². The van der Waals surface area contributed by atoms with Crippen LogP contribution in [0.3, 0.4) is 0 Å². The molecule has 27 heavy (non-hydrogen) atoms. The average molecular weight is 403 g/mol. The minimum atomic E-state index is -0.167. The molecule has 0 unspecified atom stereocenters. The van der Waals surface area contributed by atoms with Gasteiger partial charge < -0.3 is 14.8 Å². The number of amides is 1. The fraction of sp³-hybridized carbons (Fsp3) is 0.200. The van der Waals surface area contributed by atoms with E-state index >= 15 is 0 Å². The van der Waals surface area contributed by atoms with Crippen LogP contribution >= 0.6 is 23.8 Å². The lowest BCUT2D eigenvalue weighted by Gasteiger charge is -2.13. The molecule has 2 aromatic rings. The van der Waals surface area contributed by atoms with E-state index in [1.165, 1.54) is 4.90 Å². The summed E-state index contributed by atoms with van der Waals surface area (Å²) in [6.07, 6.45) is 1.74. The molecule has 0 aliphatic carbocycles. The molecular formula is C20H19ClN2O3S. The van der Waals surface area contributed by atoms with E-state index in [0.717, 1.165) is 11.1 Å². The van der Waals surface area contributed by atoms with Crippen LogP contribution in [0.15, 0.2) is 48.2 Å². The van der Waals surface area contributed by atoms with Gasteiger partial charge in [-0.3, -0.25) is 9.69 Å². The Morgan fingerprint density at radius 3 is 2.67 bits per heavy atom. The van der Waals surface area contributed by atoms with Crippen molar-refractivity contribution in [1.29, 1.82) is 0 Å². The van der Waals surface area contributed by atoms with Gasteiger partial charge in [0.05, 0.1) is 6.61 Å². The van der Waals surface area contributed by atoms with Crippen molar-refractivity contribution in [3.63, 3.8) is 0 Å². The summed E-state index contributed by atoms with van der Waals surface area (Å²) in [4.78, 5) is 13.5. The van der Waals surface area contributed by atoms with E-state index < -0.39 is 0 Å². The molecule has 0 aromatic heterocycles. The third kappa shape index (κ3) is 4.59. The van der Waals surface area contributed by atoms with Gasteiger partial charge in [0.15, 0.2) is 16.6 Å². The van der Waals surface area contributed by atoms with Gasteiger partial charge in [-0.15, -0.1) is 0 Å². The second-order valence-corrected chi connectivity index (χ2v) is 6.73. The monoisotopic (exact) mass is 402 g/mol. The first-order valence-corrected chi connectivity index (χ1v) is 9.21. The standard InChI is InChI=1S/C20H19ClN2O3S/c1-3-25-18-11-13(10-16-19(24)23(2)20(27)22-16)7-8-17(18)26-12-14-5-4-6-15(21)9-14/h4-11H,3,12H2,1-2H3,(H,22,27)/b16-10-. The van der Waals surface area contributed by atoms with Gasteiger partial charge in [-0.05, 0) is 60.6 Å². The summed E-state index contributed by atoms with van der Waals surface area (Å²) in [5.41, 5.74) is 2.20. The van der Waals surface area contributed by atoms with Gasteiger partial charge in [-0.2, -0.15) is 0 Å². The van der Waals surface area contributed by atoms with Crippen LogP contribution in [0.1, 0.15) is 18.1 Å². The molecule has 1 aliphatic rings. The lowest BCUT2D eigenvalue weighted by molar-refractivity contribution is -0.121. The van der Waals surface area contributed by atoms with Crippen LogP contribution in [0.4, 0.5) is 0 Å². The number of nitrogens with one attached hydrogen (secondary N) is 1. The molecule has 0 spiro atoms. The van der Waals surface area contributed by atoms with Gasteiger partial charge in [0.2, 0.25) is 0 Å². The first kappa shape index (κ1) is 19.2. The number of ether oxygens (including phenoxy) is 2. The molecule has 2 aromatic carbocycles. The zero-order chi connectivity index (χ0) is 19.4. The summed E-state index contributed by atoms with van der Waals surface area (Å²) in [6, 6.07) is 13.0. The molecule has 1 amide bonds. The van der Waals surface area contributed by atoms with Crippen molar-refractivity contribution < 1.29 is 14.3 Å². The van der Waals surface area contributed by atoms with Gasteiger partial charge in [0.25, 0.3) is 5.91 Å². The number of carbonyl (C=O) groups excluding carboxylic acids is 1. The smallest absolute Gasteiger partial charge is 0.276 e. The Morgan fingerprint density at radius 1 is 1.19 bits per heavy atom. The van der Waals surface area contributed by atoms with Crippen molar-refractivity contribution in [3.8, 4) is 11.5 Å².